The summed E-state index contributed by atoms with van der Waals surface area (Å²) in [6.07, 6.45) is 0. The number of carbonyl (C=O) groups excluding carboxylic acids is 2. The van der Waals surface area contributed by atoms with Gasteiger partial charge >= 0.3 is 5.97 Å². The Bertz CT molecular complexity index is 636. The molecule has 0 bridgehead atoms. The Morgan fingerprint density at radius 3 is 2.68 bits per heavy atom. The van der Waals surface area contributed by atoms with Crippen molar-refractivity contribution in [1.82, 2.24) is 0 Å². The Balaban J connectivity index is 2.22. The van der Waals surface area contributed by atoms with E-state index in [1.54, 1.807) is 17.5 Å². The van der Waals surface area contributed by atoms with Gasteiger partial charge in [-0.25, -0.2) is 4.79 Å². The molecule has 0 spiro atoms. The highest BCUT2D eigenvalue weighted by molar-refractivity contribution is 9.12. The average Bonchev–Trinajstić information content (AvgIpc) is 2.95. The Morgan fingerprint density at radius 2 is 2.11 bits per heavy atom. The highest BCUT2D eigenvalue weighted by Gasteiger charge is 2.18. The van der Waals surface area contributed by atoms with Gasteiger partial charge in [-0.05, 0) is 49.4 Å². The Morgan fingerprint density at radius 1 is 1.37 bits per heavy atom. The molecule has 0 saturated heterocycles. The molecule has 4 nitrogen and oxygen atoms in total. The molecule has 19 heavy (non-hydrogen) atoms. The number of ether oxygens (including phenoxy) is 1. The molecule has 1 N–H and O–H groups in total. The van der Waals surface area contributed by atoms with Crippen LogP contribution < -0.4 is 5.32 Å². The zero-order chi connectivity index (χ0) is 14.0. The molecular formula is C11H7Br2NO3S2. The monoisotopic (exact) mass is 423 g/mol. The van der Waals surface area contributed by atoms with Crippen molar-refractivity contribution in [3.63, 3.8) is 0 Å². The second-order valence-corrected chi connectivity index (χ2v) is 8.01. The maximum Gasteiger partial charge on any atom is 0.350 e. The fourth-order valence-electron chi connectivity index (χ4n) is 1.34. The summed E-state index contributed by atoms with van der Waals surface area (Å²) < 4.78 is 6.23. The lowest BCUT2D eigenvalue weighted by Gasteiger charge is -2.04. The Hall–Kier alpha value is -0.700. The topological polar surface area (TPSA) is 55.4 Å². The van der Waals surface area contributed by atoms with Crippen LogP contribution in [0, 0.1) is 0 Å². The maximum absolute atomic E-state index is 12.1. The fraction of sp³-hybridized carbons (Fsp3) is 0.0909. The Labute approximate surface area is 134 Å². The molecule has 8 heteroatoms. The van der Waals surface area contributed by atoms with E-state index in [0.717, 1.165) is 7.57 Å². The summed E-state index contributed by atoms with van der Waals surface area (Å²) in [6.45, 7) is 0. The number of hydrogen-bond acceptors (Lipinski definition) is 5. The van der Waals surface area contributed by atoms with Gasteiger partial charge in [0.1, 0.15) is 4.88 Å². The zero-order valence-corrected chi connectivity index (χ0v) is 14.3. The normalized spacial score (nSPS) is 10.3. The van der Waals surface area contributed by atoms with Crippen LogP contribution in [0.2, 0.25) is 0 Å². The minimum absolute atomic E-state index is 0.280. The van der Waals surface area contributed by atoms with Crippen molar-refractivity contribution >= 4 is 72.1 Å². The van der Waals surface area contributed by atoms with E-state index in [1.165, 1.54) is 29.8 Å². The van der Waals surface area contributed by atoms with Gasteiger partial charge in [0.05, 0.1) is 25.9 Å². The molecule has 0 aromatic carbocycles. The van der Waals surface area contributed by atoms with E-state index in [9.17, 15) is 9.59 Å². The number of hydrogen-bond donors (Lipinski definition) is 1. The first-order valence-electron chi connectivity index (χ1n) is 4.95. The maximum atomic E-state index is 12.1. The fourth-order valence-corrected chi connectivity index (χ4v) is 4.90. The van der Waals surface area contributed by atoms with E-state index in [1.807, 2.05) is 0 Å². The first kappa shape index (κ1) is 14.7. The zero-order valence-electron chi connectivity index (χ0n) is 9.53. The van der Waals surface area contributed by atoms with Crippen molar-refractivity contribution in [2.75, 3.05) is 12.4 Å². The molecule has 0 unspecified atom stereocenters. The Kier molecular flexibility index (Phi) is 4.77. The van der Waals surface area contributed by atoms with E-state index in [-0.39, 0.29) is 5.91 Å². The van der Waals surface area contributed by atoms with E-state index in [0.29, 0.717) is 16.1 Å². The van der Waals surface area contributed by atoms with Crippen molar-refractivity contribution in [3.05, 3.63) is 35.5 Å². The van der Waals surface area contributed by atoms with Gasteiger partial charge in [-0.2, -0.15) is 0 Å². The largest absolute Gasteiger partial charge is 0.465 e. The smallest absolute Gasteiger partial charge is 0.350 e. The number of thiophene rings is 2. The van der Waals surface area contributed by atoms with E-state index in [2.05, 4.69) is 41.9 Å². The molecule has 0 aliphatic carbocycles. The van der Waals surface area contributed by atoms with Crippen LogP contribution in [-0.4, -0.2) is 19.0 Å². The number of amides is 1. The highest BCUT2D eigenvalue weighted by atomic mass is 79.9. The number of esters is 1. The van der Waals surface area contributed by atoms with Gasteiger partial charge in [0.15, 0.2) is 0 Å². The van der Waals surface area contributed by atoms with Gasteiger partial charge < -0.3 is 10.1 Å². The predicted molar refractivity (Wildman–Crippen MR) is 83.3 cm³/mol. The summed E-state index contributed by atoms with van der Waals surface area (Å²) in [6, 6.07) is 3.39. The number of anilines is 1. The molecular weight excluding hydrogens is 418 g/mol. The summed E-state index contributed by atoms with van der Waals surface area (Å²) >= 11 is 9.27. The summed E-state index contributed by atoms with van der Waals surface area (Å²) in [4.78, 5) is 24.0. The second-order valence-electron chi connectivity index (χ2n) is 3.35. The van der Waals surface area contributed by atoms with Crippen molar-refractivity contribution in [2.24, 2.45) is 0 Å². The van der Waals surface area contributed by atoms with Crippen molar-refractivity contribution in [3.8, 4) is 0 Å². The van der Waals surface area contributed by atoms with E-state index in [4.69, 9.17) is 0 Å². The third kappa shape index (κ3) is 3.25. The molecule has 0 saturated carbocycles. The number of nitrogens with one attached hydrogen (secondary N) is 1. The van der Waals surface area contributed by atoms with Crippen LogP contribution in [-0.2, 0) is 4.74 Å². The van der Waals surface area contributed by atoms with Gasteiger partial charge in [-0.15, -0.1) is 22.7 Å². The third-order valence-electron chi connectivity index (χ3n) is 2.19. The SMILES string of the molecule is COC(=O)c1sccc1NC(=O)c1cc(Br)sc1Br. The van der Waals surface area contributed by atoms with E-state index < -0.39 is 5.97 Å². The second kappa shape index (κ2) is 6.17. The quantitative estimate of drug-likeness (QED) is 0.744. The molecule has 0 aliphatic heterocycles. The summed E-state index contributed by atoms with van der Waals surface area (Å²) in [7, 11) is 1.31. The average molecular weight is 425 g/mol. The van der Waals surface area contributed by atoms with Gasteiger partial charge in [-0.3, -0.25) is 4.79 Å². The van der Waals surface area contributed by atoms with Gasteiger partial charge in [0.25, 0.3) is 5.91 Å². The highest BCUT2D eigenvalue weighted by Crippen LogP contribution is 2.33. The van der Waals surface area contributed by atoms with Gasteiger partial charge in [0, 0.05) is 0 Å². The van der Waals surface area contributed by atoms with Crippen LogP contribution in [0.5, 0.6) is 0 Å². The molecule has 2 heterocycles. The molecule has 0 radical (unpaired) electrons. The lowest BCUT2D eigenvalue weighted by atomic mass is 10.3. The summed E-state index contributed by atoms with van der Waals surface area (Å²) in [5, 5.41) is 4.43. The van der Waals surface area contributed by atoms with Crippen molar-refractivity contribution < 1.29 is 14.3 Å². The molecule has 0 fully saturated rings. The van der Waals surface area contributed by atoms with Crippen LogP contribution in [0.4, 0.5) is 5.69 Å². The number of halogens is 2. The lowest BCUT2D eigenvalue weighted by molar-refractivity contribution is 0.0607. The molecule has 0 atom stereocenters. The molecule has 100 valence electrons. The standard InChI is InChI=1S/C11H7Br2NO3S2/c1-17-11(16)8-6(2-3-18-8)14-10(15)5-4-7(12)19-9(5)13/h2-4H,1H3,(H,14,15). The predicted octanol–water partition coefficient (Wildman–Crippen LogP) is 4.37. The minimum atomic E-state index is -0.462. The van der Waals surface area contributed by atoms with Crippen molar-refractivity contribution in [1.29, 1.82) is 0 Å². The molecule has 2 rings (SSSR count). The molecule has 2 aromatic rings. The van der Waals surface area contributed by atoms with Crippen LogP contribution in [0.1, 0.15) is 20.0 Å². The molecule has 2 aromatic heterocycles. The van der Waals surface area contributed by atoms with Crippen LogP contribution >= 0.6 is 54.5 Å². The first-order valence-corrected chi connectivity index (χ1v) is 8.23. The third-order valence-corrected chi connectivity index (χ3v) is 5.42. The summed E-state index contributed by atoms with van der Waals surface area (Å²) in [5.41, 5.74) is 0.968. The first-order chi connectivity index (χ1) is 9.02. The van der Waals surface area contributed by atoms with Crippen LogP contribution in [0.3, 0.4) is 0 Å². The summed E-state index contributed by atoms with van der Waals surface area (Å²) in [5.74, 6) is -0.742. The minimum Gasteiger partial charge on any atom is -0.465 e. The van der Waals surface area contributed by atoms with Crippen molar-refractivity contribution in [2.45, 2.75) is 0 Å². The number of carbonyl (C=O) groups is 2. The van der Waals surface area contributed by atoms with Crippen LogP contribution in [0.25, 0.3) is 0 Å². The molecule has 0 aliphatic rings. The van der Waals surface area contributed by atoms with Gasteiger partial charge in [0.2, 0.25) is 0 Å². The van der Waals surface area contributed by atoms with Crippen LogP contribution in [0.15, 0.2) is 25.1 Å². The lowest BCUT2D eigenvalue weighted by Crippen LogP contribution is -2.13. The van der Waals surface area contributed by atoms with E-state index >= 15 is 0 Å². The molecule has 1 amide bonds. The number of methoxy groups -OCH3 is 1. The van der Waals surface area contributed by atoms with Gasteiger partial charge in [-0.1, -0.05) is 0 Å². The number of rotatable bonds is 3.